The summed E-state index contributed by atoms with van der Waals surface area (Å²) in [4.78, 5) is 14.9. The van der Waals surface area contributed by atoms with Gasteiger partial charge in [-0.15, -0.1) is 0 Å². The van der Waals surface area contributed by atoms with E-state index in [0.29, 0.717) is 18.0 Å². The molecule has 1 aromatic heterocycles. The number of halogens is 4. The first kappa shape index (κ1) is 20.6. The van der Waals surface area contributed by atoms with Crippen LogP contribution in [0.3, 0.4) is 0 Å². The highest BCUT2D eigenvalue weighted by Gasteiger charge is 2.31. The van der Waals surface area contributed by atoms with E-state index in [1.165, 1.54) is 31.4 Å². The number of pyridine rings is 1. The predicted octanol–water partition coefficient (Wildman–Crippen LogP) is 2.78. The van der Waals surface area contributed by atoms with E-state index in [0.717, 1.165) is 0 Å². The molecule has 13 heteroatoms. The van der Waals surface area contributed by atoms with Gasteiger partial charge >= 0.3 is 12.2 Å². The Morgan fingerprint density at radius 2 is 1.85 bits per heavy atom. The van der Waals surface area contributed by atoms with Crippen LogP contribution in [0.4, 0.5) is 23.8 Å². The predicted molar refractivity (Wildman–Crippen MR) is 89.7 cm³/mol. The molecule has 1 heterocycles. The maximum atomic E-state index is 12.5. The van der Waals surface area contributed by atoms with Gasteiger partial charge in [-0.25, -0.2) is 28.3 Å². The highest BCUT2D eigenvalue weighted by Crippen LogP contribution is 2.32. The Balaban J connectivity index is 2.01. The molecule has 0 bridgehead atoms. The van der Waals surface area contributed by atoms with Crippen LogP contribution in [0.25, 0.3) is 0 Å². The van der Waals surface area contributed by atoms with Gasteiger partial charge in [0, 0.05) is 6.20 Å². The van der Waals surface area contributed by atoms with Gasteiger partial charge in [0.2, 0.25) is 0 Å². The van der Waals surface area contributed by atoms with E-state index in [2.05, 4.69) is 10.4 Å². The molecule has 2 amide bonds. The van der Waals surface area contributed by atoms with Crippen LogP contribution in [0.5, 0.6) is 5.75 Å². The fourth-order valence-electron chi connectivity index (χ4n) is 1.76. The number of ether oxygens (including phenoxy) is 1. The van der Waals surface area contributed by atoms with Crippen LogP contribution < -0.4 is 20.3 Å². The summed E-state index contributed by atoms with van der Waals surface area (Å²) in [5, 5.41) is -0.428. The van der Waals surface area contributed by atoms with Crippen LogP contribution in [0.2, 0.25) is 5.02 Å². The Morgan fingerprint density at radius 1 is 1.22 bits per heavy atom. The zero-order chi connectivity index (χ0) is 20.2. The molecule has 0 spiro atoms. The fraction of sp³-hybridized carbons (Fsp3) is 0.143. The van der Waals surface area contributed by atoms with Crippen molar-refractivity contribution < 1.29 is 31.1 Å². The minimum absolute atomic E-state index is 0.205. The molecule has 0 atom stereocenters. The summed E-state index contributed by atoms with van der Waals surface area (Å²) >= 11 is 5.65. The van der Waals surface area contributed by atoms with Crippen LogP contribution >= 0.6 is 11.6 Å². The summed E-state index contributed by atoms with van der Waals surface area (Å²) in [5.41, 5.74) is 2.96. The molecule has 0 saturated carbocycles. The van der Waals surface area contributed by atoms with Gasteiger partial charge in [-0.3, -0.25) is 5.43 Å². The fourth-order valence-corrected chi connectivity index (χ4v) is 2.88. The van der Waals surface area contributed by atoms with Gasteiger partial charge in [0.05, 0.1) is 22.6 Å². The highest BCUT2D eigenvalue weighted by molar-refractivity contribution is 7.90. The van der Waals surface area contributed by atoms with E-state index < -0.39 is 32.8 Å². The number of urea groups is 1. The van der Waals surface area contributed by atoms with Gasteiger partial charge in [0.1, 0.15) is 5.75 Å². The minimum atomic E-state index is -4.63. The van der Waals surface area contributed by atoms with Crippen molar-refractivity contribution >= 4 is 33.5 Å². The van der Waals surface area contributed by atoms with Gasteiger partial charge in [-0.1, -0.05) is 11.6 Å². The lowest BCUT2D eigenvalue weighted by atomic mass is 10.3. The van der Waals surface area contributed by atoms with Crippen LogP contribution in [0.1, 0.15) is 5.56 Å². The Labute approximate surface area is 156 Å². The third kappa shape index (κ3) is 5.37. The number of nitrogens with one attached hydrogen (secondary N) is 3. The summed E-state index contributed by atoms with van der Waals surface area (Å²) < 4.78 is 68.3. The highest BCUT2D eigenvalue weighted by atomic mass is 35.5. The number of methoxy groups -OCH3 is 1. The molecule has 0 aliphatic carbocycles. The number of hydrazine groups is 1. The molecule has 2 aromatic rings. The van der Waals surface area contributed by atoms with Gasteiger partial charge in [0.15, 0.2) is 5.82 Å². The third-order valence-electron chi connectivity index (χ3n) is 3.06. The topological polar surface area (TPSA) is 109 Å². The summed E-state index contributed by atoms with van der Waals surface area (Å²) in [6.45, 7) is 0. The Hall–Kier alpha value is -2.73. The lowest BCUT2D eigenvalue weighted by Crippen LogP contribution is -2.42. The van der Waals surface area contributed by atoms with E-state index in [9.17, 15) is 26.4 Å². The van der Waals surface area contributed by atoms with Crippen molar-refractivity contribution in [3.63, 3.8) is 0 Å². The molecule has 2 rings (SSSR count). The summed E-state index contributed by atoms with van der Waals surface area (Å²) in [6, 6.07) is 4.60. The van der Waals surface area contributed by atoms with Crippen molar-refractivity contribution in [2.45, 2.75) is 11.1 Å². The van der Waals surface area contributed by atoms with Gasteiger partial charge in [0.25, 0.3) is 10.0 Å². The molecule has 146 valence electrons. The number of carbonyl (C=O) groups is 1. The Morgan fingerprint density at radius 3 is 2.37 bits per heavy atom. The molecular weight excluding hydrogens is 413 g/mol. The normalized spacial score (nSPS) is 11.6. The number of amides is 2. The first-order valence-electron chi connectivity index (χ1n) is 6.98. The standard InChI is InChI=1S/C14H12ClF3N4O4S/c1-26-9-2-4-10(5-3-9)27(24,25)22-13(23)21-20-12-11(15)6-8(7-19-12)14(16,17)18/h2-7H,1H3,(H,19,20)(H2,21,22,23). The van der Waals surface area contributed by atoms with Gasteiger partial charge < -0.3 is 4.74 Å². The van der Waals surface area contributed by atoms with Crippen molar-refractivity contribution in [2.24, 2.45) is 0 Å². The van der Waals surface area contributed by atoms with Crippen LogP contribution in [-0.4, -0.2) is 26.5 Å². The summed E-state index contributed by atoms with van der Waals surface area (Å²) in [6.07, 6.45) is -4.13. The van der Waals surface area contributed by atoms with Gasteiger partial charge in [-0.05, 0) is 30.3 Å². The molecule has 0 fully saturated rings. The second-order valence-corrected chi connectivity index (χ2v) is 7.00. The number of rotatable bonds is 5. The lowest BCUT2D eigenvalue weighted by Gasteiger charge is -2.12. The molecular formula is C14H12ClF3N4O4S. The maximum Gasteiger partial charge on any atom is 0.417 e. The Kier molecular flexibility index (Phi) is 6.01. The van der Waals surface area contributed by atoms with E-state index in [-0.39, 0.29) is 10.7 Å². The number of benzene rings is 1. The molecule has 8 nitrogen and oxygen atoms in total. The monoisotopic (exact) mass is 424 g/mol. The van der Waals surface area contributed by atoms with Gasteiger partial charge in [-0.2, -0.15) is 13.2 Å². The smallest absolute Gasteiger partial charge is 0.417 e. The molecule has 0 aliphatic rings. The summed E-state index contributed by atoms with van der Waals surface area (Å²) in [5.74, 6) is 0.116. The average Bonchev–Trinajstić information content (AvgIpc) is 2.59. The molecule has 0 radical (unpaired) electrons. The average molecular weight is 425 g/mol. The summed E-state index contributed by atoms with van der Waals surface area (Å²) in [7, 11) is -2.78. The number of alkyl halides is 3. The van der Waals surface area contributed by atoms with E-state index in [1.807, 2.05) is 5.43 Å². The second kappa shape index (κ2) is 7.88. The Bertz CT molecular complexity index is 936. The SMILES string of the molecule is COc1ccc(S(=O)(=O)NC(=O)NNc2ncc(C(F)(F)F)cc2Cl)cc1. The van der Waals surface area contributed by atoms with E-state index in [1.54, 1.807) is 4.72 Å². The molecule has 0 aliphatic heterocycles. The molecule has 1 aromatic carbocycles. The number of hydrogen-bond acceptors (Lipinski definition) is 6. The van der Waals surface area contributed by atoms with Crippen LogP contribution in [0, 0.1) is 0 Å². The number of carbonyl (C=O) groups excluding carboxylic acids is 1. The number of aromatic nitrogens is 1. The third-order valence-corrected chi connectivity index (χ3v) is 4.69. The number of sulfonamides is 1. The van der Waals surface area contributed by atoms with Crippen LogP contribution in [-0.2, 0) is 16.2 Å². The largest absolute Gasteiger partial charge is 0.497 e. The van der Waals surface area contributed by atoms with E-state index in [4.69, 9.17) is 16.3 Å². The molecule has 27 heavy (non-hydrogen) atoms. The zero-order valence-corrected chi connectivity index (χ0v) is 15.0. The second-order valence-electron chi connectivity index (χ2n) is 4.91. The number of hydrogen-bond donors (Lipinski definition) is 3. The van der Waals surface area contributed by atoms with Crippen molar-refractivity contribution in [3.8, 4) is 5.75 Å². The zero-order valence-electron chi connectivity index (χ0n) is 13.5. The van der Waals surface area contributed by atoms with Crippen molar-refractivity contribution in [2.75, 3.05) is 12.5 Å². The quantitative estimate of drug-likeness (QED) is 0.637. The molecule has 0 saturated heterocycles. The van der Waals surface area contributed by atoms with E-state index >= 15 is 0 Å². The van der Waals surface area contributed by atoms with Crippen molar-refractivity contribution in [1.82, 2.24) is 15.1 Å². The first-order valence-corrected chi connectivity index (χ1v) is 8.84. The van der Waals surface area contributed by atoms with Crippen molar-refractivity contribution in [3.05, 3.63) is 47.1 Å². The molecule has 0 unspecified atom stereocenters. The van der Waals surface area contributed by atoms with Crippen LogP contribution in [0.15, 0.2) is 41.4 Å². The number of anilines is 1. The molecule has 3 N–H and O–H groups in total. The number of nitrogens with zero attached hydrogens (tertiary/aromatic N) is 1. The maximum absolute atomic E-state index is 12.5. The van der Waals surface area contributed by atoms with Crippen molar-refractivity contribution in [1.29, 1.82) is 0 Å². The minimum Gasteiger partial charge on any atom is -0.497 e. The lowest BCUT2D eigenvalue weighted by molar-refractivity contribution is -0.137. The first-order chi connectivity index (χ1) is 12.5.